The van der Waals surface area contributed by atoms with Gasteiger partial charge in [-0.2, -0.15) is 0 Å². The van der Waals surface area contributed by atoms with Crippen molar-refractivity contribution in [1.29, 1.82) is 0 Å². The highest BCUT2D eigenvalue weighted by Gasteiger charge is 2.43. The third kappa shape index (κ3) is 1.30. The van der Waals surface area contributed by atoms with E-state index in [2.05, 4.69) is 0 Å². The summed E-state index contributed by atoms with van der Waals surface area (Å²) in [6.07, 6.45) is 3.94. The second kappa shape index (κ2) is 2.20. The summed E-state index contributed by atoms with van der Waals surface area (Å²) in [5.41, 5.74) is 0.412. The van der Waals surface area contributed by atoms with Gasteiger partial charge in [0.2, 0.25) is 0 Å². The fraction of sp³-hybridized carbons (Fsp3) is 1.00. The van der Waals surface area contributed by atoms with Crippen molar-refractivity contribution in [2.24, 2.45) is 5.41 Å². The maximum atomic E-state index is 5.60. The van der Waals surface area contributed by atoms with Crippen molar-refractivity contribution in [2.75, 3.05) is 13.2 Å². The van der Waals surface area contributed by atoms with Crippen molar-refractivity contribution in [3.8, 4) is 0 Å². The molecule has 1 saturated heterocycles. The highest BCUT2D eigenvalue weighted by atomic mass is 16.7. The van der Waals surface area contributed by atoms with Gasteiger partial charge < -0.3 is 9.47 Å². The minimum absolute atomic E-state index is 0.332. The molecule has 11 heavy (non-hydrogen) atoms. The fourth-order valence-corrected chi connectivity index (χ4v) is 1.70. The summed E-state index contributed by atoms with van der Waals surface area (Å²) in [7, 11) is 0. The lowest BCUT2D eigenvalue weighted by molar-refractivity contribution is -0.297. The zero-order chi connectivity index (χ0) is 7.95. The summed E-state index contributed by atoms with van der Waals surface area (Å²) in [5.74, 6) is -0.332. The Hall–Kier alpha value is -0.0800. The van der Waals surface area contributed by atoms with Crippen LogP contribution in [0.2, 0.25) is 0 Å². The van der Waals surface area contributed by atoms with E-state index in [0.717, 1.165) is 13.2 Å². The Morgan fingerprint density at radius 3 is 1.91 bits per heavy atom. The molecule has 0 aromatic heterocycles. The Bertz CT molecular complexity index is 147. The first kappa shape index (κ1) is 7.56. The molecule has 0 aromatic rings. The van der Waals surface area contributed by atoms with Crippen molar-refractivity contribution >= 4 is 0 Å². The van der Waals surface area contributed by atoms with Crippen LogP contribution >= 0.6 is 0 Å². The van der Waals surface area contributed by atoms with Gasteiger partial charge in [-0.15, -0.1) is 0 Å². The third-order valence-electron chi connectivity index (χ3n) is 2.87. The predicted octanol–water partition coefficient (Wildman–Crippen LogP) is 1.94. The van der Waals surface area contributed by atoms with Crippen LogP contribution in [0.15, 0.2) is 0 Å². The summed E-state index contributed by atoms with van der Waals surface area (Å²) in [4.78, 5) is 0. The van der Waals surface area contributed by atoms with Crippen LogP contribution in [0, 0.1) is 5.41 Å². The smallest absolute Gasteiger partial charge is 0.162 e. The molecule has 1 aliphatic heterocycles. The Morgan fingerprint density at radius 1 is 1.00 bits per heavy atom. The average Bonchev–Trinajstić information content (AvgIpc) is 1.84. The molecule has 1 aliphatic carbocycles. The zero-order valence-electron chi connectivity index (χ0n) is 7.35. The summed E-state index contributed by atoms with van der Waals surface area (Å²) >= 11 is 0. The van der Waals surface area contributed by atoms with Crippen molar-refractivity contribution in [3.63, 3.8) is 0 Å². The maximum Gasteiger partial charge on any atom is 0.162 e. The standard InChI is InChI=1S/C9H16O2/c1-8(2)10-6-9(7-11-8)4-3-5-9/h3-7H2,1-2H3. The van der Waals surface area contributed by atoms with Gasteiger partial charge in [0.15, 0.2) is 5.79 Å². The molecule has 0 amide bonds. The summed E-state index contributed by atoms with van der Waals surface area (Å²) in [6.45, 7) is 5.77. The molecule has 1 spiro atoms. The van der Waals surface area contributed by atoms with Crippen molar-refractivity contribution in [2.45, 2.75) is 38.9 Å². The first-order valence-corrected chi connectivity index (χ1v) is 4.40. The summed E-state index contributed by atoms with van der Waals surface area (Å²) in [5, 5.41) is 0. The molecule has 0 aromatic carbocycles. The van der Waals surface area contributed by atoms with Crippen LogP contribution in [0.3, 0.4) is 0 Å². The van der Waals surface area contributed by atoms with Gasteiger partial charge in [-0.1, -0.05) is 6.42 Å². The second-order valence-corrected chi connectivity index (χ2v) is 4.33. The summed E-state index contributed by atoms with van der Waals surface area (Å²) in [6, 6.07) is 0. The molecule has 0 bridgehead atoms. The second-order valence-electron chi connectivity index (χ2n) is 4.33. The number of rotatable bonds is 0. The normalized spacial score (nSPS) is 33.3. The van der Waals surface area contributed by atoms with Gasteiger partial charge in [-0.25, -0.2) is 0 Å². The highest BCUT2D eigenvalue weighted by Crippen LogP contribution is 2.45. The lowest BCUT2D eigenvalue weighted by Gasteiger charge is -2.48. The largest absolute Gasteiger partial charge is 0.350 e. The zero-order valence-corrected chi connectivity index (χ0v) is 7.35. The molecule has 2 nitrogen and oxygen atoms in total. The molecule has 2 rings (SSSR count). The van der Waals surface area contributed by atoms with Crippen LogP contribution in [0.4, 0.5) is 0 Å². The van der Waals surface area contributed by atoms with E-state index >= 15 is 0 Å². The minimum atomic E-state index is -0.332. The van der Waals surface area contributed by atoms with Crippen LogP contribution in [0.5, 0.6) is 0 Å². The molecule has 0 unspecified atom stereocenters. The van der Waals surface area contributed by atoms with Crippen LogP contribution in [0.25, 0.3) is 0 Å². The molecular formula is C9H16O2. The Balaban J connectivity index is 1.94. The van der Waals surface area contributed by atoms with Crippen molar-refractivity contribution < 1.29 is 9.47 Å². The Labute approximate surface area is 67.9 Å². The average molecular weight is 156 g/mol. The molecule has 1 heterocycles. The molecule has 0 atom stereocenters. The van der Waals surface area contributed by atoms with Crippen LogP contribution in [0.1, 0.15) is 33.1 Å². The minimum Gasteiger partial charge on any atom is -0.350 e. The van der Waals surface area contributed by atoms with Gasteiger partial charge in [-0.05, 0) is 26.7 Å². The first-order chi connectivity index (χ1) is 5.12. The molecule has 0 radical (unpaired) electrons. The van der Waals surface area contributed by atoms with E-state index in [4.69, 9.17) is 9.47 Å². The van der Waals surface area contributed by atoms with Gasteiger partial charge in [0.1, 0.15) is 0 Å². The molecule has 2 aliphatic rings. The van der Waals surface area contributed by atoms with E-state index < -0.39 is 0 Å². The number of hydrogen-bond acceptors (Lipinski definition) is 2. The van der Waals surface area contributed by atoms with Crippen LogP contribution in [-0.4, -0.2) is 19.0 Å². The van der Waals surface area contributed by atoms with Gasteiger partial charge in [0, 0.05) is 5.41 Å². The molecule has 64 valence electrons. The number of hydrogen-bond donors (Lipinski definition) is 0. The SMILES string of the molecule is CC1(C)OCC2(CCC2)CO1. The van der Waals surface area contributed by atoms with Gasteiger partial charge >= 0.3 is 0 Å². The Morgan fingerprint density at radius 2 is 1.55 bits per heavy atom. The van der Waals surface area contributed by atoms with E-state index in [1.54, 1.807) is 0 Å². The van der Waals surface area contributed by atoms with Crippen molar-refractivity contribution in [1.82, 2.24) is 0 Å². The fourth-order valence-electron chi connectivity index (χ4n) is 1.70. The van der Waals surface area contributed by atoms with E-state index in [1.807, 2.05) is 13.8 Å². The van der Waals surface area contributed by atoms with Crippen LogP contribution < -0.4 is 0 Å². The lowest BCUT2D eigenvalue weighted by Crippen LogP contribution is -2.49. The molecule has 0 N–H and O–H groups in total. The molecule has 1 saturated carbocycles. The maximum absolute atomic E-state index is 5.60. The van der Waals surface area contributed by atoms with E-state index in [1.165, 1.54) is 19.3 Å². The third-order valence-corrected chi connectivity index (χ3v) is 2.87. The van der Waals surface area contributed by atoms with Gasteiger partial charge in [0.25, 0.3) is 0 Å². The number of ether oxygens (including phenoxy) is 2. The van der Waals surface area contributed by atoms with E-state index in [-0.39, 0.29) is 5.79 Å². The van der Waals surface area contributed by atoms with Gasteiger partial charge in [-0.3, -0.25) is 0 Å². The first-order valence-electron chi connectivity index (χ1n) is 4.40. The molecular weight excluding hydrogens is 140 g/mol. The summed E-state index contributed by atoms with van der Waals surface area (Å²) < 4.78 is 11.2. The molecule has 2 fully saturated rings. The monoisotopic (exact) mass is 156 g/mol. The lowest BCUT2D eigenvalue weighted by atomic mass is 9.69. The quantitative estimate of drug-likeness (QED) is 0.533. The van der Waals surface area contributed by atoms with E-state index in [9.17, 15) is 0 Å². The molecule has 2 heteroatoms. The van der Waals surface area contributed by atoms with Crippen molar-refractivity contribution in [3.05, 3.63) is 0 Å². The van der Waals surface area contributed by atoms with E-state index in [0.29, 0.717) is 5.41 Å². The van der Waals surface area contributed by atoms with Gasteiger partial charge in [0.05, 0.1) is 13.2 Å². The van der Waals surface area contributed by atoms with Crippen LogP contribution in [-0.2, 0) is 9.47 Å². The highest BCUT2D eigenvalue weighted by molar-refractivity contribution is 4.90. The topological polar surface area (TPSA) is 18.5 Å². The predicted molar refractivity (Wildman–Crippen MR) is 42.3 cm³/mol. The Kier molecular flexibility index (Phi) is 1.52.